The quantitative estimate of drug-likeness (QED) is 0.239. The highest BCUT2D eigenvalue weighted by molar-refractivity contribution is 5.97. The summed E-state index contributed by atoms with van der Waals surface area (Å²) in [4.78, 5) is 19.8. The van der Waals surface area contributed by atoms with Crippen LogP contribution in [0, 0.1) is 5.92 Å². The van der Waals surface area contributed by atoms with Crippen LogP contribution < -0.4 is 10.2 Å². The van der Waals surface area contributed by atoms with E-state index in [2.05, 4.69) is 80.1 Å². The second kappa shape index (κ2) is 9.69. The first-order chi connectivity index (χ1) is 18.0. The van der Waals surface area contributed by atoms with Crippen LogP contribution in [0.1, 0.15) is 39.5 Å². The van der Waals surface area contributed by atoms with Crippen molar-refractivity contribution in [1.29, 1.82) is 0 Å². The molecule has 8 nitrogen and oxygen atoms in total. The summed E-state index contributed by atoms with van der Waals surface area (Å²) >= 11 is 0. The summed E-state index contributed by atoms with van der Waals surface area (Å²) in [5.74, 6) is 1.28. The Bertz CT molecular complexity index is 1570. The maximum absolute atomic E-state index is 5.00. The lowest BCUT2D eigenvalue weighted by Gasteiger charge is -2.28. The fourth-order valence-electron chi connectivity index (χ4n) is 5.19. The lowest BCUT2D eigenvalue weighted by molar-refractivity contribution is 0.578. The van der Waals surface area contributed by atoms with E-state index in [4.69, 9.17) is 4.98 Å². The summed E-state index contributed by atoms with van der Waals surface area (Å²) in [7, 11) is 0. The Hall–Kier alpha value is -4.20. The standard InChI is InChI=1S/C29H32N8/c1-18(2)11-19(3)32-22-12-21(14-30-15-22)20-7-8-24-23(13-20)27(36-35-24)29-33-25-16-31-17-26(28(25)34-29)37-9-5-4-6-10-37/h7-8,12-18,32H,3-6,9-11H2,1-2H3,(H,33,34)(H,35,36). The molecule has 0 unspecified atom stereocenters. The number of fused-ring (bicyclic) bond motifs is 2. The van der Waals surface area contributed by atoms with Crippen molar-refractivity contribution in [2.75, 3.05) is 23.3 Å². The zero-order chi connectivity index (χ0) is 25.4. The Labute approximate surface area is 216 Å². The summed E-state index contributed by atoms with van der Waals surface area (Å²) < 4.78 is 0. The van der Waals surface area contributed by atoms with Crippen LogP contribution in [-0.2, 0) is 0 Å². The lowest BCUT2D eigenvalue weighted by atomic mass is 10.0. The molecule has 3 N–H and O–H groups in total. The molecule has 0 atom stereocenters. The van der Waals surface area contributed by atoms with Crippen molar-refractivity contribution in [1.82, 2.24) is 30.1 Å². The summed E-state index contributed by atoms with van der Waals surface area (Å²) in [6.07, 6.45) is 12.1. The van der Waals surface area contributed by atoms with Crippen molar-refractivity contribution in [3.05, 3.63) is 61.3 Å². The Morgan fingerprint density at radius 1 is 1.00 bits per heavy atom. The molecule has 4 aromatic heterocycles. The van der Waals surface area contributed by atoms with Gasteiger partial charge in [0.05, 0.1) is 41.0 Å². The molecule has 1 aromatic carbocycles. The number of allylic oxidation sites excluding steroid dienone is 1. The summed E-state index contributed by atoms with van der Waals surface area (Å²) in [6, 6.07) is 8.40. The van der Waals surface area contributed by atoms with Crippen molar-refractivity contribution in [2.45, 2.75) is 39.5 Å². The summed E-state index contributed by atoms with van der Waals surface area (Å²) in [6.45, 7) is 10.6. The molecule has 0 bridgehead atoms. The number of imidazole rings is 1. The van der Waals surface area contributed by atoms with Crippen LogP contribution in [0.15, 0.2) is 61.3 Å². The van der Waals surface area contributed by atoms with E-state index in [-0.39, 0.29) is 0 Å². The number of hydrogen-bond donors (Lipinski definition) is 3. The zero-order valence-corrected chi connectivity index (χ0v) is 21.4. The lowest BCUT2D eigenvalue weighted by Crippen LogP contribution is -2.29. The van der Waals surface area contributed by atoms with Gasteiger partial charge in [0, 0.05) is 35.9 Å². The Morgan fingerprint density at radius 3 is 2.68 bits per heavy atom. The molecule has 0 aliphatic carbocycles. The number of nitrogens with one attached hydrogen (secondary N) is 3. The number of aromatic nitrogens is 6. The van der Waals surface area contributed by atoms with Gasteiger partial charge in [-0.2, -0.15) is 5.10 Å². The second-order valence-electron chi connectivity index (χ2n) is 10.3. The molecule has 188 valence electrons. The third-order valence-corrected chi connectivity index (χ3v) is 6.91. The van der Waals surface area contributed by atoms with Crippen LogP contribution in [0.25, 0.3) is 44.6 Å². The van der Waals surface area contributed by atoms with E-state index in [9.17, 15) is 0 Å². The first-order valence-electron chi connectivity index (χ1n) is 13.0. The minimum atomic E-state index is 0.544. The molecule has 5 aromatic rings. The van der Waals surface area contributed by atoms with Crippen LogP contribution >= 0.6 is 0 Å². The smallest absolute Gasteiger partial charge is 0.159 e. The Kier molecular flexibility index (Phi) is 6.08. The zero-order valence-electron chi connectivity index (χ0n) is 21.4. The van der Waals surface area contributed by atoms with E-state index in [0.717, 1.165) is 81.2 Å². The topological polar surface area (TPSA) is 98.4 Å². The Balaban J connectivity index is 1.35. The van der Waals surface area contributed by atoms with Gasteiger partial charge >= 0.3 is 0 Å². The molecule has 1 saturated heterocycles. The van der Waals surface area contributed by atoms with Crippen molar-refractivity contribution >= 4 is 33.3 Å². The van der Waals surface area contributed by atoms with Crippen molar-refractivity contribution in [3.8, 4) is 22.6 Å². The maximum atomic E-state index is 5.00. The highest BCUT2D eigenvalue weighted by Gasteiger charge is 2.19. The van der Waals surface area contributed by atoms with Crippen LogP contribution in [0.2, 0.25) is 0 Å². The van der Waals surface area contributed by atoms with Crippen molar-refractivity contribution in [3.63, 3.8) is 0 Å². The summed E-state index contributed by atoms with van der Waals surface area (Å²) in [5.41, 5.74) is 8.74. The van der Waals surface area contributed by atoms with Gasteiger partial charge in [0.2, 0.25) is 0 Å². The fraction of sp³-hybridized carbons (Fsp3) is 0.310. The monoisotopic (exact) mass is 492 g/mol. The van der Waals surface area contributed by atoms with Gasteiger partial charge in [-0.3, -0.25) is 15.1 Å². The van der Waals surface area contributed by atoms with Crippen LogP contribution in [0.3, 0.4) is 0 Å². The average Bonchev–Trinajstić information content (AvgIpc) is 3.52. The maximum Gasteiger partial charge on any atom is 0.159 e. The molecule has 5 heterocycles. The van der Waals surface area contributed by atoms with E-state index in [1.807, 2.05) is 24.8 Å². The largest absolute Gasteiger partial charge is 0.368 e. The molecule has 6 rings (SSSR count). The number of benzene rings is 1. The molecule has 1 fully saturated rings. The number of nitrogens with zero attached hydrogens (tertiary/aromatic N) is 5. The van der Waals surface area contributed by atoms with E-state index in [1.54, 1.807) is 0 Å². The number of hydrogen-bond acceptors (Lipinski definition) is 6. The number of rotatable bonds is 7. The molecule has 1 aliphatic heterocycles. The highest BCUT2D eigenvalue weighted by atomic mass is 15.2. The van der Waals surface area contributed by atoms with Gasteiger partial charge in [0.15, 0.2) is 5.82 Å². The predicted molar refractivity (Wildman–Crippen MR) is 150 cm³/mol. The number of pyridine rings is 2. The van der Waals surface area contributed by atoms with Crippen LogP contribution in [0.4, 0.5) is 11.4 Å². The summed E-state index contributed by atoms with van der Waals surface area (Å²) in [5, 5.41) is 12.2. The number of aromatic amines is 2. The molecule has 0 spiro atoms. The van der Waals surface area contributed by atoms with Gasteiger partial charge < -0.3 is 15.2 Å². The molecular weight excluding hydrogens is 460 g/mol. The van der Waals surface area contributed by atoms with Gasteiger partial charge in [-0.05, 0) is 55.4 Å². The van der Waals surface area contributed by atoms with Crippen molar-refractivity contribution < 1.29 is 0 Å². The van der Waals surface area contributed by atoms with E-state index < -0.39 is 0 Å². The minimum Gasteiger partial charge on any atom is -0.368 e. The molecule has 8 heteroatoms. The SMILES string of the molecule is C=C(CC(C)C)Nc1cncc(-c2ccc3[nH]nc(-c4nc5c(N6CCCCC6)cncc5[nH]4)c3c2)c1. The van der Waals surface area contributed by atoms with Gasteiger partial charge in [-0.1, -0.05) is 26.5 Å². The van der Waals surface area contributed by atoms with E-state index in [0.29, 0.717) is 5.92 Å². The average molecular weight is 493 g/mol. The number of anilines is 2. The number of H-pyrrole nitrogens is 2. The normalized spacial score (nSPS) is 14.1. The third kappa shape index (κ3) is 4.67. The second-order valence-corrected chi connectivity index (χ2v) is 10.3. The predicted octanol–water partition coefficient (Wildman–Crippen LogP) is 6.53. The first-order valence-corrected chi connectivity index (χ1v) is 13.0. The Morgan fingerprint density at radius 2 is 1.84 bits per heavy atom. The number of piperidine rings is 1. The molecule has 0 amide bonds. The van der Waals surface area contributed by atoms with E-state index in [1.165, 1.54) is 19.3 Å². The minimum absolute atomic E-state index is 0.544. The third-order valence-electron chi connectivity index (χ3n) is 6.91. The fourth-order valence-corrected chi connectivity index (χ4v) is 5.19. The van der Waals surface area contributed by atoms with Crippen LogP contribution in [0.5, 0.6) is 0 Å². The molecular formula is C29H32N8. The van der Waals surface area contributed by atoms with Gasteiger partial charge in [-0.15, -0.1) is 0 Å². The van der Waals surface area contributed by atoms with Crippen LogP contribution in [-0.4, -0.2) is 43.2 Å². The van der Waals surface area contributed by atoms with E-state index >= 15 is 0 Å². The van der Waals surface area contributed by atoms with Gasteiger partial charge in [0.25, 0.3) is 0 Å². The highest BCUT2D eigenvalue weighted by Crippen LogP contribution is 2.33. The molecule has 37 heavy (non-hydrogen) atoms. The van der Waals surface area contributed by atoms with Gasteiger partial charge in [0.1, 0.15) is 11.2 Å². The molecule has 1 aliphatic rings. The van der Waals surface area contributed by atoms with Gasteiger partial charge in [-0.25, -0.2) is 4.98 Å². The first kappa shape index (κ1) is 23.2. The molecule has 0 saturated carbocycles. The molecule has 0 radical (unpaired) electrons. The van der Waals surface area contributed by atoms with Crippen molar-refractivity contribution in [2.24, 2.45) is 5.92 Å².